The Bertz CT molecular complexity index is 1080. The predicted molar refractivity (Wildman–Crippen MR) is 99.1 cm³/mol. The molecule has 0 bridgehead atoms. The second kappa shape index (κ2) is 8.11. The van der Waals surface area contributed by atoms with Crippen molar-refractivity contribution in [2.75, 3.05) is 18.5 Å². The first-order chi connectivity index (χ1) is 14.4. The lowest BCUT2D eigenvalue weighted by atomic mass is 10.1. The Hall–Kier alpha value is -3.26. The lowest BCUT2D eigenvalue weighted by Crippen LogP contribution is -2.56. The predicted octanol–water partition coefficient (Wildman–Crippen LogP) is 5.68. The van der Waals surface area contributed by atoms with Crippen molar-refractivity contribution in [3.8, 4) is 17.5 Å². The summed E-state index contributed by atoms with van der Waals surface area (Å²) in [5.41, 5.74) is -1.77. The third-order valence-electron chi connectivity index (χ3n) is 4.55. The van der Waals surface area contributed by atoms with Gasteiger partial charge in [-0.1, -0.05) is 0 Å². The SMILES string of the molecule is CC(OCCNc1ccc(-c2nc3cc(C#N)ccc3o2)cc1)(C(F)(F)F)C(F)(F)F. The minimum absolute atomic E-state index is 0.0400. The van der Waals surface area contributed by atoms with E-state index in [1.807, 2.05) is 6.07 Å². The maximum Gasteiger partial charge on any atom is 0.426 e. The van der Waals surface area contributed by atoms with E-state index in [1.54, 1.807) is 42.5 Å². The molecule has 0 fully saturated rings. The van der Waals surface area contributed by atoms with Crippen LogP contribution in [-0.2, 0) is 4.74 Å². The van der Waals surface area contributed by atoms with Gasteiger partial charge in [-0.05, 0) is 49.4 Å². The molecule has 0 saturated carbocycles. The molecule has 0 unspecified atom stereocenters. The van der Waals surface area contributed by atoms with Gasteiger partial charge >= 0.3 is 12.4 Å². The van der Waals surface area contributed by atoms with Gasteiger partial charge in [0.2, 0.25) is 5.89 Å². The van der Waals surface area contributed by atoms with Crippen LogP contribution in [0.4, 0.5) is 32.0 Å². The Morgan fingerprint density at radius 1 is 1.03 bits per heavy atom. The minimum Gasteiger partial charge on any atom is -0.436 e. The molecule has 0 spiro atoms. The van der Waals surface area contributed by atoms with Crippen molar-refractivity contribution in [3.63, 3.8) is 0 Å². The van der Waals surface area contributed by atoms with E-state index in [0.29, 0.717) is 33.8 Å². The Morgan fingerprint density at radius 3 is 2.26 bits per heavy atom. The number of nitrogens with zero attached hydrogens (tertiary/aromatic N) is 2. The van der Waals surface area contributed by atoms with Crippen LogP contribution in [0.5, 0.6) is 0 Å². The van der Waals surface area contributed by atoms with Crippen molar-refractivity contribution >= 4 is 16.8 Å². The molecule has 31 heavy (non-hydrogen) atoms. The van der Waals surface area contributed by atoms with E-state index in [4.69, 9.17) is 9.68 Å². The number of nitriles is 1. The zero-order valence-corrected chi connectivity index (χ0v) is 15.9. The van der Waals surface area contributed by atoms with Crippen LogP contribution in [0.25, 0.3) is 22.6 Å². The Kier molecular flexibility index (Phi) is 5.87. The number of hydrogen-bond acceptors (Lipinski definition) is 5. The molecule has 0 saturated heterocycles. The molecule has 0 aliphatic heterocycles. The highest BCUT2D eigenvalue weighted by atomic mass is 19.4. The zero-order valence-electron chi connectivity index (χ0n) is 15.9. The molecule has 1 heterocycles. The summed E-state index contributed by atoms with van der Waals surface area (Å²) in [6, 6.07) is 13.2. The number of aromatic nitrogens is 1. The summed E-state index contributed by atoms with van der Waals surface area (Å²) in [7, 11) is 0. The van der Waals surface area contributed by atoms with Gasteiger partial charge < -0.3 is 14.5 Å². The van der Waals surface area contributed by atoms with Crippen molar-refractivity contribution in [3.05, 3.63) is 48.0 Å². The highest BCUT2D eigenvalue weighted by Crippen LogP contribution is 2.45. The van der Waals surface area contributed by atoms with Gasteiger partial charge in [0, 0.05) is 17.8 Å². The normalized spacial score (nSPS) is 12.7. The lowest BCUT2D eigenvalue weighted by Gasteiger charge is -2.33. The first-order valence-corrected chi connectivity index (χ1v) is 8.87. The molecule has 0 aliphatic rings. The molecule has 0 atom stereocenters. The van der Waals surface area contributed by atoms with Crippen LogP contribution in [-0.4, -0.2) is 36.1 Å². The average Bonchev–Trinajstić information content (AvgIpc) is 3.13. The zero-order chi connectivity index (χ0) is 22.9. The number of hydrogen-bond donors (Lipinski definition) is 1. The molecule has 2 aromatic carbocycles. The van der Waals surface area contributed by atoms with Crippen LogP contribution in [0.3, 0.4) is 0 Å². The molecule has 3 rings (SSSR count). The monoisotopic (exact) mass is 443 g/mol. The van der Waals surface area contributed by atoms with E-state index in [9.17, 15) is 26.3 Å². The summed E-state index contributed by atoms with van der Waals surface area (Å²) in [6.45, 7) is -1.13. The van der Waals surface area contributed by atoms with E-state index in [-0.39, 0.29) is 13.5 Å². The maximum atomic E-state index is 12.8. The second-order valence-electron chi connectivity index (χ2n) is 6.69. The van der Waals surface area contributed by atoms with Crippen LogP contribution in [0, 0.1) is 11.3 Å². The largest absolute Gasteiger partial charge is 0.436 e. The number of ether oxygens (including phenoxy) is 1. The maximum absolute atomic E-state index is 12.8. The van der Waals surface area contributed by atoms with Crippen molar-refractivity contribution < 1.29 is 35.5 Å². The summed E-state index contributed by atoms with van der Waals surface area (Å²) >= 11 is 0. The number of fused-ring (bicyclic) bond motifs is 1. The Balaban J connectivity index is 1.62. The van der Waals surface area contributed by atoms with Gasteiger partial charge in [0.05, 0.1) is 18.2 Å². The standard InChI is InChI=1S/C20H15F6N3O2/c1-18(19(21,22)23,20(24,25)26)30-9-8-28-14-5-3-13(4-6-14)17-29-15-10-12(11-27)2-7-16(15)31-17/h2-7,10,28H,8-9H2,1H3. The molecular formula is C20H15F6N3O2. The molecule has 0 amide bonds. The topological polar surface area (TPSA) is 71.1 Å². The number of halogens is 6. The fraction of sp³-hybridized carbons (Fsp3) is 0.300. The lowest BCUT2D eigenvalue weighted by molar-refractivity contribution is -0.373. The van der Waals surface area contributed by atoms with Gasteiger partial charge in [0.1, 0.15) is 5.52 Å². The van der Waals surface area contributed by atoms with Gasteiger partial charge in [0.15, 0.2) is 5.58 Å². The fourth-order valence-electron chi connectivity index (χ4n) is 2.63. The van der Waals surface area contributed by atoms with Gasteiger partial charge in [-0.3, -0.25) is 0 Å². The van der Waals surface area contributed by atoms with Crippen LogP contribution < -0.4 is 5.32 Å². The quantitative estimate of drug-likeness (QED) is 0.392. The number of nitrogens with one attached hydrogen (secondary N) is 1. The van der Waals surface area contributed by atoms with Crippen LogP contribution in [0.15, 0.2) is 46.9 Å². The second-order valence-corrected chi connectivity index (χ2v) is 6.69. The fourth-order valence-corrected chi connectivity index (χ4v) is 2.63. The summed E-state index contributed by atoms with van der Waals surface area (Å²) in [5, 5.41) is 11.6. The average molecular weight is 443 g/mol. The van der Waals surface area contributed by atoms with E-state index < -0.39 is 24.6 Å². The third-order valence-corrected chi connectivity index (χ3v) is 4.55. The van der Waals surface area contributed by atoms with Crippen molar-refractivity contribution in [2.45, 2.75) is 24.9 Å². The number of anilines is 1. The summed E-state index contributed by atoms with van der Waals surface area (Å²) in [5.74, 6) is 0.297. The molecule has 1 N–H and O–H groups in total. The number of benzene rings is 2. The first-order valence-electron chi connectivity index (χ1n) is 8.87. The van der Waals surface area contributed by atoms with E-state index in [2.05, 4.69) is 15.0 Å². The van der Waals surface area contributed by atoms with E-state index in [0.717, 1.165) is 0 Å². The molecule has 0 radical (unpaired) electrons. The molecule has 1 aromatic heterocycles. The molecule has 3 aromatic rings. The molecule has 0 aliphatic carbocycles. The molecule has 5 nitrogen and oxygen atoms in total. The highest BCUT2D eigenvalue weighted by Gasteiger charge is 2.69. The van der Waals surface area contributed by atoms with Crippen LogP contribution in [0.1, 0.15) is 12.5 Å². The van der Waals surface area contributed by atoms with Gasteiger partial charge in [-0.2, -0.15) is 31.6 Å². The van der Waals surface area contributed by atoms with Crippen LogP contribution >= 0.6 is 0 Å². The Morgan fingerprint density at radius 2 is 1.68 bits per heavy atom. The molecule has 11 heteroatoms. The van der Waals surface area contributed by atoms with E-state index in [1.165, 1.54) is 0 Å². The first kappa shape index (κ1) is 22.4. The summed E-state index contributed by atoms with van der Waals surface area (Å²) in [4.78, 5) is 4.30. The number of rotatable bonds is 6. The Labute approximate surface area is 172 Å². The van der Waals surface area contributed by atoms with Crippen LogP contribution in [0.2, 0.25) is 0 Å². The van der Waals surface area contributed by atoms with Gasteiger partial charge in [0.25, 0.3) is 5.60 Å². The highest BCUT2D eigenvalue weighted by molar-refractivity contribution is 5.77. The van der Waals surface area contributed by atoms with Gasteiger partial charge in [-0.25, -0.2) is 4.98 Å². The number of alkyl halides is 6. The molecular weight excluding hydrogens is 428 g/mol. The van der Waals surface area contributed by atoms with Crippen molar-refractivity contribution in [2.24, 2.45) is 0 Å². The van der Waals surface area contributed by atoms with E-state index >= 15 is 0 Å². The van der Waals surface area contributed by atoms with Gasteiger partial charge in [-0.15, -0.1) is 0 Å². The van der Waals surface area contributed by atoms with Crippen molar-refractivity contribution in [1.82, 2.24) is 4.98 Å². The third kappa shape index (κ3) is 4.59. The number of oxazole rings is 1. The van der Waals surface area contributed by atoms with Crippen molar-refractivity contribution in [1.29, 1.82) is 5.26 Å². The minimum atomic E-state index is -5.60. The smallest absolute Gasteiger partial charge is 0.426 e. The summed E-state index contributed by atoms with van der Waals surface area (Å²) < 4.78 is 86.5. The molecule has 164 valence electrons. The summed E-state index contributed by atoms with van der Waals surface area (Å²) in [6.07, 6.45) is -11.2.